The number of fused-ring (bicyclic) bond motifs is 8. The second-order valence-electron chi connectivity index (χ2n) is 20.9. The van der Waals surface area contributed by atoms with Crippen molar-refractivity contribution < 1.29 is 98.8 Å². The molecule has 8 bridgehead atoms. The second-order valence-corrected chi connectivity index (χ2v) is 40.1. The average molecular weight is 1160 g/mol. The maximum absolute atomic E-state index is 5.47. The van der Waals surface area contributed by atoms with E-state index in [-0.39, 0.29) is 120 Å². The molecule has 336 valence electrons. The zero-order valence-corrected chi connectivity index (χ0v) is 50.6. The molecule has 0 N–H and O–H groups in total. The first-order valence-corrected chi connectivity index (χ1v) is 36.6. The first-order chi connectivity index (χ1) is 26.7. The molecular weight excluding hydrogens is 1080 g/mol. The number of rotatable bonds is 12. The van der Waals surface area contributed by atoms with Gasteiger partial charge in [-0.05, 0) is 73.0 Å². The van der Waals surface area contributed by atoms with Crippen molar-refractivity contribution in [2.45, 2.75) is 207 Å². The van der Waals surface area contributed by atoms with Crippen LogP contribution < -0.4 is 19.9 Å². The van der Waals surface area contributed by atoms with E-state index in [4.69, 9.17) is 29.2 Å². The molecular formula is C48H84Eu2N6Si4. The summed E-state index contributed by atoms with van der Waals surface area (Å²) in [5.74, 6) is 0. The number of nitrogens with zero attached hydrogens (tertiary/aromatic N) is 6. The van der Waals surface area contributed by atoms with Crippen LogP contribution >= 0.6 is 0 Å². The Labute approximate surface area is 455 Å². The molecule has 6 nitrogen and oxygen atoms in total. The van der Waals surface area contributed by atoms with E-state index in [9.17, 15) is 0 Å². The standard InChI is InChI=1S/C36H48N4.2C6H18NSi2.2Eu/c1-9-33(10-2)25-17-19-27(37-25)34(11-3,12-4)29-21-23-31(39-29)36(15-7,16-8)32-24-22-30(40-32)35(13-5,14-6)28-20-18-26(33)38-28;2*1-8(2,3)7-9(4,5)6;;/h17-24H,9-16H2,1-8H3;2*1-6H3;;/q-4;2*-1;2*+3. The summed E-state index contributed by atoms with van der Waals surface area (Å²) in [7, 11) is -4.42. The van der Waals surface area contributed by atoms with Gasteiger partial charge in [0, 0.05) is 0 Å². The smallest absolute Gasteiger partial charge is 0.668 e. The summed E-state index contributed by atoms with van der Waals surface area (Å²) in [4.78, 5) is 21.9. The first kappa shape index (κ1) is 59.1. The molecule has 0 saturated carbocycles. The van der Waals surface area contributed by atoms with Crippen LogP contribution in [0.1, 0.15) is 152 Å². The van der Waals surface area contributed by atoms with Gasteiger partial charge in [0.05, 0.1) is 0 Å². The second kappa shape index (κ2) is 23.2. The van der Waals surface area contributed by atoms with Gasteiger partial charge < -0.3 is 29.2 Å². The Hall–Kier alpha value is 1.08. The molecule has 12 heteroatoms. The fourth-order valence-electron chi connectivity index (χ4n) is 10.0. The van der Waals surface area contributed by atoms with E-state index in [0.717, 1.165) is 96.9 Å². The number of hydrogen-bond donors (Lipinski definition) is 0. The monoisotopic (exact) mass is 1160 g/mol. The van der Waals surface area contributed by atoms with Gasteiger partial charge in [0.25, 0.3) is 0 Å². The summed E-state index contributed by atoms with van der Waals surface area (Å²) < 4.78 is 9.64. The molecule has 1 aliphatic heterocycles. The minimum Gasteiger partial charge on any atom is -0.668 e. The molecule has 0 saturated heterocycles. The van der Waals surface area contributed by atoms with Crippen molar-refractivity contribution in [3.05, 3.63) is 103 Å². The van der Waals surface area contributed by atoms with E-state index in [1.54, 1.807) is 0 Å². The molecule has 0 unspecified atom stereocenters. The van der Waals surface area contributed by atoms with Gasteiger partial charge in [-0.25, -0.2) is 0 Å². The Morgan fingerprint density at radius 3 is 0.483 bits per heavy atom. The van der Waals surface area contributed by atoms with Gasteiger partial charge in [-0.1, -0.05) is 215 Å². The summed E-state index contributed by atoms with van der Waals surface area (Å²) >= 11 is 0. The summed E-state index contributed by atoms with van der Waals surface area (Å²) in [6.07, 6.45) is 7.67. The molecule has 0 amide bonds. The van der Waals surface area contributed by atoms with Crippen molar-refractivity contribution in [1.82, 2.24) is 19.9 Å². The average Bonchev–Trinajstić information content (AvgIpc) is 3.95. The number of aromatic nitrogens is 4. The van der Waals surface area contributed by atoms with Gasteiger partial charge in [0.1, 0.15) is 0 Å². The molecule has 5 heterocycles. The topological polar surface area (TPSA) is 84.6 Å². The van der Waals surface area contributed by atoms with Crippen LogP contribution in [-0.4, -0.2) is 32.9 Å². The van der Waals surface area contributed by atoms with Crippen LogP contribution in [-0.2, 0) is 21.7 Å². The van der Waals surface area contributed by atoms with Crippen LogP contribution in [0.15, 0.2) is 48.5 Å². The van der Waals surface area contributed by atoms with E-state index in [2.05, 4.69) is 182 Å². The molecule has 0 fully saturated rings. The Balaban J connectivity index is 0.000000754. The molecule has 5 rings (SSSR count). The fraction of sp³-hybridized carbons (Fsp3) is 0.667. The third kappa shape index (κ3) is 13.6. The molecule has 60 heavy (non-hydrogen) atoms. The van der Waals surface area contributed by atoms with Crippen LogP contribution in [0.5, 0.6) is 0 Å². The summed E-state index contributed by atoms with van der Waals surface area (Å²) in [5.41, 5.74) is 8.28. The summed E-state index contributed by atoms with van der Waals surface area (Å²) in [6, 6.07) is 18.2. The van der Waals surface area contributed by atoms with Gasteiger partial charge in [-0.2, -0.15) is 45.6 Å². The molecule has 4 aromatic heterocycles. The molecule has 0 atom stereocenters. The van der Waals surface area contributed by atoms with Gasteiger partial charge in [-0.15, -0.1) is 0 Å². The third-order valence-corrected chi connectivity index (χ3v) is 23.4. The maximum Gasteiger partial charge on any atom is 3.00 e. The number of hydrogen-bond acceptors (Lipinski definition) is 0. The SMILES string of the molecule is CCC1(CC)c2ccc([n-]2)C(CC)(CC)c2ccc([n-]2)C(CC)(CC)c2ccc([n-]2)C(CC)(CC)c2ccc1[n-]2.C[Si](C)(C)[N-][Si](C)(C)C.C[Si](C)(C)[N-][Si](C)(C)C.[Eu+3].[Eu+3]. The normalized spacial score (nSPS) is 16.6. The summed E-state index contributed by atoms with van der Waals surface area (Å²) in [6.45, 7) is 45.9. The van der Waals surface area contributed by atoms with Crippen molar-refractivity contribution in [3.8, 4) is 0 Å². The fourth-order valence-corrected chi connectivity index (χ4v) is 26.1. The van der Waals surface area contributed by atoms with Gasteiger partial charge >= 0.3 is 98.8 Å². The zero-order chi connectivity index (χ0) is 44.2. The Morgan fingerprint density at radius 2 is 0.417 bits per heavy atom. The van der Waals surface area contributed by atoms with Crippen molar-refractivity contribution in [2.75, 3.05) is 0 Å². The molecule has 1 aliphatic rings. The molecule has 4 aromatic rings. The van der Waals surface area contributed by atoms with E-state index in [1.165, 1.54) is 0 Å². The molecule has 0 spiro atoms. The molecule has 0 radical (unpaired) electrons. The quantitative estimate of drug-likeness (QED) is 0.132. The maximum atomic E-state index is 5.47. The van der Waals surface area contributed by atoms with Gasteiger partial charge in [0.15, 0.2) is 0 Å². The predicted octanol–water partition coefficient (Wildman–Crippen LogP) is 14.3. The minimum atomic E-state index is -1.11. The van der Waals surface area contributed by atoms with Crippen LogP contribution in [0.3, 0.4) is 0 Å². The van der Waals surface area contributed by atoms with Gasteiger partial charge in [0.2, 0.25) is 0 Å². The molecule has 0 aliphatic carbocycles. The van der Waals surface area contributed by atoms with Crippen LogP contribution in [0.25, 0.3) is 9.30 Å². The van der Waals surface area contributed by atoms with E-state index < -0.39 is 32.9 Å². The predicted molar refractivity (Wildman–Crippen MR) is 265 cm³/mol. The largest absolute Gasteiger partial charge is 3.00 e. The van der Waals surface area contributed by atoms with E-state index in [1.807, 2.05) is 0 Å². The van der Waals surface area contributed by atoms with Gasteiger partial charge in [-0.3, -0.25) is 0 Å². The Morgan fingerprint density at radius 1 is 0.300 bits per heavy atom. The van der Waals surface area contributed by atoms with Crippen molar-refractivity contribution >= 4 is 32.9 Å². The van der Waals surface area contributed by atoms with Crippen LogP contribution in [0, 0.1) is 98.8 Å². The van der Waals surface area contributed by atoms with Crippen LogP contribution in [0.2, 0.25) is 78.6 Å². The Kier molecular flexibility index (Phi) is 22.8. The Bertz CT molecular complexity index is 1500. The van der Waals surface area contributed by atoms with E-state index in [0.29, 0.717) is 0 Å². The van der Waals surface area contributed by atoms with Crippen molar-refractivity contribution in [2.24, 2.45) is 0 Å². The van der Waals surface area contributed by atoms with Crippen LogP contribution in [0.4, 0.5) is 0 Å². The first-order valence-electron chi connectivity index (χ1n) is 22.8. The third-order valence-electron chi connectivity index (χ3n) is 12.7. The van der Waals surface area contributed by atoms with Crippen molar-refractivity contribution in [1.29, 1.82) is 0 Å². The minimum absolute atomic E-state index is 0. The zero-order valence-electron chi connectivity index (χ0n) is 41.7. The molecule has 0 aromatic carbocycles. The van der Waals surface area contributed by atoms with E-state index >= 15 is 0 Å². The summed E-state index contributed by atoms with van der Waals surface area (Å²) in [5, 5.41) is 0. The van der Waals surface area contributed by atoms with Crippen molar-refractivity contribution in [3.63, 3.8) is 0 Å².